The van der Waals surface area contributed by atoms with E-state index in [0.717, 1.165) is 24.7 Å². The molecule has 0 radical (unpaired) electrons. The molecule has 82 valence electrons. The van der Waals surface area contributed by atoms with E-state index in [9.17, 15) is 4.79 Å². The van der Waals surface area contributed by atoms with Gasteiger partial charge in [0.1, 0.15) is 5.78 Å². The third kappa shape index (κ3) is 2.83. The van der Waals surface area contributed by atoms with Gasteiger partial charge in [-0.15, -0.1) is 0 Å². The molecular weight excluding hydrogens is 172 g/mol. The van der Waals surface area contributed by atoms with Crippen molar-refractivity contribution in [3.8, 4) is 0 Å². The average molecular weight is 196 g/mol. The molecule has 1 aliphatic carbocycles. The van der Waals surface area contributed by atoms with E-state index < -0.39 is 0 Å². The first-order chi connectivity index (χ1) is 6.52. The van der Waals surface area contributed by atoms with E-state index >= 15 is 0 Å². The highest BCUT2D eigenvalue weighted by Gasteiger charge is 2.29. The standard InChI is InChI=1S/C13H24O/c1-9(2)11-6-5-7-12(8-11)13(14)10(3)4/h9-12H,5-8H2,1-4H3. The van der Waals surface area contributed by atoms with Crippen LogP contribution in [-0.2, 0) is 4.79 Å². The molecule has 0 aliphatic heterocycles. The number of carbonyl (C=O) groups is 1. The predicted octanol–water partition coefficient (Wildman–Crippen LogP) is 3.67. The van der Waals surface area contributed by atoms with Crippen molar-refractivity contribution >= 4 is 5.78 Å². The van der Waals surface area contributed by atoms with Crippen molar-refractivity contribution in [1.29, 1.82) is 0 Å². The third-order valence-electron chi connectivity index (χ3n) is 3.63. The number of hydrogen-bond acceptors (Lipinski definition) is 1. The summed E-state index contributed by atoms with van der Waals surface area (Å²) in [5.41, 5.74) is 0. The van der Waals surface area contributed by atoms with E-state index in [2.05, 4.69) is 13.8 Å². The highest BCUT2D eigenvalue weighted by atomic mass is 16.1. The quantitative estimate of drug-likeness (QED) is 0.673. The second-order valence-corrected chi connectivity index (χ2v) is 5.42. The predicted molar refractivity (Wildman–Crippen MR) is 60.1 cm³/mol. The van der Waals surface area contributed by atoms with E-state index in [1.54, 1.807) is 0 Å². The maximum absolute atomic E-state index is 11.9. The van der Waals surface area contributed by atoms with Crippen LogP contribution in [0.1, 0.15) is 53.4 Å². The van der Waals surface area contributed by atoms with Crippen molar-refractivity contribution in [1.82, 2.24) is 0 Å². The Morgan fingerprint density at radius 1 is 1.14 bits per heavy atom. The number of hydrogen-bond donors (Lipinski definition) is 0. The second-order valence-electron chi connectivity index (χ2n) is 5.42. The van der Waals surface area contributed by atoms with Crippen molar-refractivity contribution < 1.29 is 4.79 Å². The smallest absolute Gasteiger partial charge is 0.138 e. The molecule has 1 aliphatic rings. The van der Waals surface area contributed by atoms with Crippen LogP contribution in [-0.4, -0.2) is 5.78 Å². The van der Waals surface area contributed by atoms with E-state index in [0.29, 0.717) is 11.7 Å². The van der Waals surface area contributed by atoms with Gasteiger partial charge in [0.2, 0.25) is 0 Å². The normalized spacial score (nSPS) is 28.4. The number of ketones is 1. The van der Waals surface area contributed by atoms with Crippen LogP contribution in [0.5, 0.6) is 0 Å². The van der Waals surface area contributed by atoms with Gasteiger partial charge in [-0.1, -0.05) is 40.5 Å². The zero-order chi connectivity index (χ0) is 10.7. The SMILES string of the molecule is CC(C)C(=O)C1CCCC(C(C)C)C1. The Kier molecular flexibility index (Phi) is 4.15. The first-order valence-corrected chi connectivity index (χ1v) is 6.06. The van der Waals surface area contributed by atoms with Crippen LogP contribution in [0, 0.1) is 23.7 Å². The number of carbonyl (C=O) groups excluding carboxylic acids is 1. The van der Waals surface area contributed by atoms with Gasteiger partial charge in [0, 0.05) is 11.8 Å². The molecule has 1 heteroatoms. The van der Waals surface area contributed by atoms with Crippen LogP contribution < -0.4 is 0 Å². The molecule has 1 rings (SSSR count). The molecule has 0 saturated heterocycles. The van der Waals surface area contributed by atoms with Gasteiger partial charge in [-0.05, 0) is 24.7 Å². The summed E-state index contributed by atoms with van der Waals surface area (Å²) in [6.45, 7) is 8.63. The number of Topliss-reactive ketones (excluding diaryl/α,β-unsaturated/α-hetero) is 1. The molecule has 14 heavy (non-hydrogen) atoms. The lowest BCUT2D eigenvalue weighted by atomic mass is 9.73. The van der Waals surface area contributed by atoms with Gasteiger partial charge >= 0.3 is 0 Å². The third-order valence-corrected chi connectivity index (χ3v) is 3.63. The summed E-state index contributed by atoms with van der Waals surface area (Å²) >= 11 is 0. The molecule has 0 aromatic heterocycles. The lowest BCUT2D eigenvalue weighted by Gasteiger charge is -2.31. The molecule has 0 spiro atoms. The summed E-state index contributed by atoms with van der Waals surface area (Å²) in [6, 6.07) is 0. The molecule has 2 atom stereocenters. The van der Waals surface area contributed by atoms with Gasteiger partial charge in [-0.2, -0.15) is 0 Å². The maximum Gasteiger partial charge on any atom is 0.138 e. The van der Waals surface area contributed by atoms with Crippen molar-refractivity contribution in [2.75, 3.05) is 0 Å². The summed E-state index contributed by atoms with van der Waals surface area (Å²) in [5, 5.41) is 0. The first kappa shape index (κ1) is 11.7. The minimum atomic E-state index is 0.228. The summed E-state index contributed by atoms with van der Waals surface area (Å²) < 4.78 is 0. The summed E-state index contributed by atoms with van der Waals surface area (Å²) in [7, 11) is 0. The molecule has 0 bridgehead atoms. The van der Waals surface area contributed by atoms with Crippen molar-refractivity contribution in [2.24, 2.45) is 23.7 Å². The molecule has 0 aromatic carbocycles. The molecule has 1 fully saturated rings. The lowest BCUT2D eigenvalue weighted by Crippen LogP contribution is -2.28. The molecule has 0 amide bonds. The Morgan fingerprint density at radius 2 is 1.79 bits per heavy atom. The van der Waals surface area contributed by atoms with Crippen LogP contribution in [0.3, 0.4) is 0 Å². The highest BCUT2D eigenvalue weighted by Crippen LogP contribution is 2.35. The Labute approximate surface area is 88.3 Å². The Balaban J connectivity index is 2.51. The molecule has 0 heterocycles. The van der Waals surface area contributed by atoms with Crippen LogP contribution in [0.15, 0.2) is 0 Å². The fraction of sp³-hybridized carbons (Fsp3) is 0.923. The molecule has 2 unspecified atom stereocenters. The molecule has 0 aromatic rings. The van der Waals surface area contributed by atoms with Gasteiger partial charge in [-0.3, -0.25) is 4.79 Å². The van der Waals surface area contributed by atoms with Crippen molar-refractivity contribution in [2.45, 2.75) is 53.4 Å². The van der Waals surface area contributed by atoms with Crippen LogP contribution in [0.25, 0.3) is 0 Å². The van der Waals surface area contributed by atoms with Gasteiger partial charge < -0.3 is 0 Å². The summed E-state index contributed by atoms with van der Waals surface area (Å²) in [6.07, 6.45) is 4.88. The Bertz CT molecular complexity index is 193. The average Bonchev–Trinajstić information content (AvgIpc) is 2.16. The van der Waals surface area contributed by atoms with Crippen molar-refractivity contribution in [3.63, 3.8) is 0 Å². The van der Waals surface area contributed by atoms with E-state index in [4.69, 9.17) is 0 Å². The zero-order valence-electron chi connectivity index (χ0n) is 10.0. The monoisotopic (exact) mass is 196 g/mol. The van der Waals surface area contributed by atoms with E-state index in [1.807, 2.05) is 13.8 Å². The van der Waals surface area contributed by atoms with Gasteiger partial charge in [0.05, 0.1) is 0 Å². The highest BCUT2D eigenvalue weighted by molar-refractivity contribution is 5.82. The molecular formula is C13H24O. The van der Waals surface area contributed by atoms with Crippen LogP contribution in [0.4, 0.5) is 0 Å². The lowest BCUT2D eigenvalue weighted by molar-refractivity contribution is -0.127. The van der Waals surface area contributed by atoms with Crippen LogP contribution in [0.2, 0.25) is 0 Å². The van der Waals surface area contributed by atoms with Crippen molar-refractivity contribution in [3.05, 3.63) is 0 Å². The zero-order valence-corrected chi connectivity index (χ0v) is 10.0. The largest absolute Gasteiger partial charge is 0.299 e. The molecule has 1 nitrogen and oxygen atoms in total. The second kappa shape index (κ2) is 4.95. The van der Waals surface area contributed by atoms with Gasteiger partial charge in [0.15, 0.2) is 0 Å². The van der Waals surface area contributed by atoms with E-state index in [-0.39, 0.29) is 5.92 Å². The van der Waals surface area contributed by atoms with Crippen LogP contribution >= 0.6 is 0 Å². The topological polar surface area (TPSA) is 17.1 Å². The van der Waals surface area contributed by atoms with Gasteiger partial charge in [-0.25, -0.2) is 0 Å². The van der Waals surface area contributed by atoms with Gasteiger partial charge in [0.25, 0.3) is 0 Å². The summed E-state index contributed by atoms with van der Waals surface area (Å²) in [5.74, 6) is 2.63. The fourth-order valence-electron chi connectivity index (χ4n) is 2.56. The first-order valence-electron chi connectivity index (χ1n) is 6.06. The fourth-order valence-corrected chi connectivity index (χ4v) is 2.56. The molecule has 1 saturated carbocycles. The minimum Gasteiger partial charge on any atom is -0.299 e. The van der Waals surface area contributed by atoms with E-state index in [1.165, 1.54) is 12.8 Å². The maximum atomic E-state index is 11.9. The number of rotatable bonds is 3. The Morgan fingerprint density at radius 3 is 2.29 bits per heavy atom. The Hall–Kier alpha value is -0.330. The summed E-state index contributed by atoms with van der Waals surface area (Å²) in [4.78, 5) is 11.9. The minimum absolute atomic E-state index is 0.228. The molecule has 0 N–H and O–H groups in total.